The van der Waals surface area contributed by atoms with E-state index in [1.807, 2.05) is 6.92 Å². The summed E-state index contributed by atoms with van der Waals surface area (Å²) in [4.78, 5) is 25.8. The highest BCUT2D eigenvalue weighted by molar-refractivity contribution is 8.01. The van der Waals surface area contributed by atoms with Crippen molar-refractivity contribution in [1.29, 1.82) is 0 Å². The smallest absolute Gasteiger partial charge is 0.244 e. The summed E-state index contributed by atoms with van der Waals surface area (Å²) in [5.41, 5.74) is 1.95. The minimum Gasteiger partial charge on any atom is -0.333 e. The Morgan fingerprint density at radius 1 is 1.33 bits per heavy atom. The predicted octanol–water partition coefficient (Wildman–Crippen LogP) is 3.42. The summed E-state index contributed by atoms with van der Waals surface area (Å²) in [6, 6.07) is 4.95. The van der Waals surface area contributed by atoms with Crippen LogP contribution in [0.5, 0.6) is 0 Å². The average molecular weight is 405 g/mol. The van der Waals surface area contributed by atoms with Gasteiger partial charge in [0, 0.05) is 6.54 Å². The third-order valence-corrected chi connectivity index (χ3v) is 5.43. The lowest BCUT2D eigenvalue weighted by Gasteiger charge is -2.20. The zero-order valence-corrected chi connectivity index (χ0v) is 15.8. The minimum atomic E-state index is -0.360. The van der Waals surface area contributed by atoms with Crippen LogP contribution in [-0.4, -0.2) is 45.8 Å². The highest BCUT2D eigenvalue weighted by Crippen LogP contribution is 2.29. The molecule has 0 saturated carbocycles. The number of aromatic nitrogens is 2. The monoisotopic (exact) mass is 404 g/mol. The maximum absolute atomic E-state index is 12.2. The number of likely N-dealkylation sites (N-methyl/N-ethyl adjacent to an activating group) is 1. The Kier molecular flexibility index (Phi) is 7.29. The van der Waals surface area contributed by atoms with Crippen molar-refractivity contribution in [1.82, 2.24) is 15.1 Å². The van der Waals surface area contributed by atoms with E-state index < -0.39 is 0 Å². The van der Waals surface area contributed by atoms with E-state index in [4.69, 9.17) is 23.2 Å². The molecule has 0 aliphatic heterocycles. The number of amides is 2. The van der Waals surface area contributed by atoms with E-state index in [1.165, 1.54) is 28.0 Å². The second kappa shape index (κ2) is 9.22. The summed E-state index contributed by atoms with van der Waals surface area (Å²) in [6.45, 7) is 2.15. The van der Waals surface area contributed by atoms with Crippen LogP contribution >= 0.6 is 46.3 Å². The topological polar surface area (TPSA) is 75.2 Å². The summed E-state index contributed by atoms with van der Waals surface area (Å²) in [7, 11) is 0. The normalized spacial score (nSPS) is 10.5. The van der Waals surface area contributed by atoms with Crippen LogP contribution in [0, 0.1) is 0 Å². The lowest BCUT2D eigenvalue weighted by molar-refractivity contribution is -0.132. The van der Waals surface area contributed by atoms with Crippen LogP contribution in [0.2, 0.25) is 10.0 Å². The fourth-order valence-corrected chi connectivity index (χ4v) is 3.67. The molecule has 0 unspecified atom stereocenters. The van der Waals surface area contributed by atoms with Gasteiger partial charge in [0.1, 0.15) is 5.51 Å². The first kappa shape index (κ1) is 19.0. The lowest BCUT2D eigenvalue weighted by Crippen LogP contribution is -2.38. The molecule has 6 nitrogen and oxygen atoms in total. The Morgan fingerprint density at radius 3 is 2.62 bits per heavy atom. The summed E-state index contributed by atoms with van der Waals surface area (Å²) in [5.74, 6) is -0.317. The van der Waals surface area contributed by atoms with Crippen molar-refractivity contribution in [3.05, 3.63) is 33.8 Å². The van der Waals surface area contributed by atoms with Gasteiger partial charge >= 0.3 is 0 Å². The molecule has 10 heteroatoms. The highest BCUT2D eigenvalue weighted by Gasteiger charge is 2.18. The van der Waals surface area contributed by atoms with Gasteiger partial charge in [-0.25, -0.2) is 0 Å². The van der Waals surface area contributed by atoms with Gasteiger partial charge in [-0.05, 0) is 19.1 Å². The number of benzene rings is 1. The number of carbonyl (C=O) groups is 2. The molecule has 1 N–H and O–H groups in total. The number of thioether (sulfide) groups is 1. The molecule has 0 aliphatic carbocycles. The fourth-order valence-electron chi connectivity index (χ4n) is 1.79. The van der Waals surface area contributed by atoms with Crippen molar-refractivity contribution in [2.75, 3.05) is 24.2 Å². The molecule has 0 spiro atoms. The number of anilines is 1. The van der Waals surface area contributed by atoms with Gasteiger partial charge in [-0.2, -0.15) is 0 Å². The molecule has 2 amide bonds. The highest BCUT2D eigenvalue weighted by atomic mass is 35.5. The van der Waals surface area contributed by atoms with Crippen molar-refractivity contribution in [2.45, 2.75) is 11.3 Å². The predicted molar refractivity (Wildman–Crippen MR) is 98.0 cm³/mol. The number of carbonyl (C=O) groups excluding carboxylic acids is 2. The number of hydrogen-bond acceptors (Lipinski definition) is 6. The van der Waals surface area contributed by atoms with Crippen LogP contribution < -0.4 is 5.32 Å². The van der Waals surface area contributed by atoms with E-state index in [-0.39, 0.29) is 24.1 Å². The Labute approximate surface area is 157 Å². The molecule has 1 aromatic heterocycles. The summed E-state index contributed by atoms with van der Waals surface area (Å²) < 4.78 is 0.715. The third-order valence-electron chi connectivity index (χ3n) is 2.96. The van der Waals surface area contributed by atoms with Crippen LogP contribution in [0.1, 0.15) is 6.92 Å². The zero-order valence-electron chi connectivity index (χ0n) is 12.7. The number of nitrogens with one attached hydrogen (secondary N) is 1. The number of halogens is 2. The van der Waals surface area contributed by atoms with Crippen LogP contribution in [0.15, 0.2) is 28.0 Å². The van der Waals surface area contributed by atoms with Gasteiger partial charge in [0.25, 0.3) is 0 Å². The molecule has 0 aliphatic rings. The van der Waals surface area contributed by atoms with E-state index in [0.717, 1.165) is 0 Å². The molecular weight excluding hydrogens is 391 g/mol. The largest absolute Gasteiger partial charge is 0.333 e. The molecule has 0 fully saturated rings. The number of para-hydroxylation sites is 1. The SMILES string of the molecule is CCN(CC(=O)Nc1c(Cl)cccc1Cl)C(=O)CSc1nncs1. The third kappa shape index (κ3) is 5.34. The molecule has 0 atom stereocenters. The quantitative estimate of drug-likeness (QED) is 0.715. The maximum Gasteiger partial charge on any atom is 0.244 e. The van der Waals surface area contributed by atoms with Gasteiger partial charge in [0.05, 0.1) is 28.0 Å². The van der Waals surface area contributed by atoms with E-state index >= 15 is 0 Å². The van der Waals surface area contributed by atoms with E-state index in [0.29, 0.717) is 26.6 Å². The second-order valence-corrected chi connectivity index (χ2v) is 7.42. The van der Waals surface area contributed by atoms with Crippen LogP contribution in [-0.2, 0) is 9.59 Å². The Morgan fingerprint density at radius 2 is 2.04 bits per heavy atom. The van der Waals surface area contributed by atoms with Gasteiger partial charge in [0.15, 0.2) is 4.34 Å². The Bertz CT molecular complexity index is 693. The molecule has 1 heterocycles. The van der Waals surface area contributed by atoms with Crippen LogP contribution in [0.3, 0.4) is 0 Å². The first-order valence-electron chi connectivity index (χ1n) is 6.91. The molecule has 0 saturated heterocycles. The molecule has 2 rings (SSSR count). The fraction of sp³-hybridized carbons (Fsp3) is 0.286. The van der Waals surface area contributed by atoms with Gasteiger partial charge in [0.2, 0.25) is 11.8 Å². The molecule has 2 aromatic rings. The first-order valence-corrected chi connectivity index (χ1v) is 9.54. The zero-order chi connectivity index (χ0) is 17.5. The molecule has 0 radical (unpaired) electrons. The van der Waals surface area contributed by atoms with Crippen molar-refractivity contribution >= 4 is 63.8 Å². The van der Waals surface area contributed by atoms with Crippen molar-refractivity contribution in [3.8, 4) is 0 Å². The van der Waals surface area contributed by atoms with E-state index in [2.05, 4.69) is 15.5 Å². The summed E-state index contributed by atoms with van der Waals surface area (Å²) in [5, 5.41) is 10.9. The lowest BCUT2D eigenvalue weighted by atomic mass is 10.3. The number of rotatable bonds is 7. The van der Waals surface area contributed by atoms with Crippen molar-refractivity contribution in [3.63, 3.8) is 0 Å². The second-order valence-electron chi connectivity index (χ2n) is 4.55. The van der Waals surface area contributed by atoms with E-state index in [1.54, 1.807) is 23.7 Å². The maximum atomic E-state index is 12.2. The van der Waals surface area contributed by atoms with Gasteiger partial charge in [-0.1, -0.05) is 52.4 Å². The Hall–Kier alpha value is -1.35. The molecule has 1 aromatic carbocycles. The van der Waals surface area contributed by atoms with Crippen LogP contribution in [0.25, 0.3) is 0 Å². The van der Waals surface area contributed by atoms with E-state index in [9.17, 15) is 9.59 Å². The van der Waals surface area contributed by atoms with Crippen LogP contribution in [0.4, 0.5) is 5.69 Å². The minimum absolute atomic E-state index is 0.0758. The van der Waals surface area contributed by atoms with Gasteiger partial charge in [-0.3, -0.25) is 9.59 Å². The molecular formula is C14H14Cl2N4O2S2. The van der Waals surface area contributed by atoms with Crippen molar-refractivity contribution < 1.29 is 9.59 Å². The van der Waals surface area contributed by atoms with Gasteiger partial charge in [-0.15, -0.1) is 10.2 Å². The number of nitrogens with zero attached hydrogens (tertiary/aromatic N) is 3. The summed E-state index contributed by atoms with van der Waals surface area (Å²) >= 11 is 14.7. The average Bonchev–Trinajstić information content (AvgIpc) is 3.07. The van der Waals surface area contributed by atoms with Gasteiger partial charge < -0.3 is 10.2 Å². The standard InChI is InChI=1S/C14H14Cl2N4O2S2/c1-2-20(12(22)7-23-14-19-17-8-24-14)6-11(21)18-13-9(15)4-3-5-10(13)16/h3-5,8H,2,6-7H2,1H3,(H,18,21). The molecule has 128 valence electrons. The first-order chi connectivity index (χ1) is 11.5. The number of hydrogen-bond donors (Lipinski definition) is 1. The Balaban J connectivity index is 1.91. The summed E-state index contributed by atoms with van der Waals surface area (Å²) in [6.07, 6.45) is 0. The molecule has 24 heavy (non-hydrogen) atoms. The molecule has 0 bridgehead atoms. The van der Waals surface area contributed by atoms with Crippen molar-refractivity contribution in [2.24, 2.45) is 0 Å².